The topological polar surface area (TPSA) is 0 Å². The van der Waals surface area contributed by atoms with Crippen LogP contribution < -0.4 is 0 Å². The third kappa shape index (κ3) is 3.77. The third-order valence-electron chi connectivity index (χ3n) is 2.69. The summed E-state index contributed by atoms with van der Waals surface area (Å²) in [6, 6.07) is 9.35. The first-order chi connectivity index (χ1) is 8.97. The maximum absolute atomic E-state index is 13.6. The minimum Gasteiger partial charge on any atom is -0.207 e. The molecule has 0 amide bonds. The number of halogens is 5. The van der Waals surface area contributed by atoms with Gasteiger partial charge in [0.05, 0.1) is 5.38 Å². The average Bonchev–Trinajstić information content (AvgIpc) is 2.32. The van der Waals surface area contributed by atoms with Crippen molar-refractivity contribution in [2.45, 2.75) is 11.8 Å². The molecule has 0 aromatic heterocycles. The third-order valence-corrected chi connectivity index (χ3v) is 4.01. The van der Waals surface area contributed by atoms with Gasteiger partial charge in [-0.3, -0.25) is 0 Å². The second kappa shape index (κ2) is 6.33. The van der Waals surface area contributed by atoms with Gasteiger partial charge >= 0.3 is 0 Å². The molecular weight excluding hydrogens is 401 g/mol. The summed E-state index contributed by atoms with van der Waals surface area (Å²) < 4.78 is 28.9. The monoisotopic (exact) mass is 408 g/mol. The van der Waals surface area contributed by atoms with Crippen molar-refractivity contribution < 1.29 is 8.78 Å². The van der Waals surface area contributed by atoms with Crippen LogP contribution in [0.5, 0.6) is 0 Å². The van der Waals surface area contributed by atoms with Gasteiger partial charge in [0.2, 0.25) is 0 Å². The van der Waals surface area contributed by atoms with Crippen molar-refractivity contribution in [2.75, 3.05) is 0 Å². The van der Waals surface area contributed by atoms with E-state index in [1.54, 1.807) is 0 Å². The van der Waals surface area contributed by atoms with Crippen molar-refractivity contribution in [1.82, 2.24) is 0 Å². The summed E-state index contributed by atoms with van der Waals surface area (Å²) in [6.07, 6.45) is 0.100. The van der Waals surface area contributed by atoms with Crippen LogP contribution in [-0.4, -0.2) is 0 Å². The van der Waals surface area contributed by atoms with E-state index in [2.05, 4.69) is 31.9 Å². The first-order valence-electron chi connectivity index (χ1n) is 5.50. The van der Waals surface area contributed by atoms with Gasteiger partial charge in [-0.2, -0.15) is 0 Å². The Bertz CT molecular complexity index is 561. The standard InChI is InChI=1S/C14H9Br2ClF2/c15-9-4-8(5-10(16)6-9)12(17)7-11-13(18)2-1-3-14(11)19/h1-6,12H,7H2. The molecule has 0 aliphatic heterocycles. The highest BCUT2D eigenvalue weighted by Crippen LogP contribution is 2.31. The molecule has 2 aromatic rings. The number of alkyl halides is 1. The fourth-order valence-electron chi connectivity index (χ4n) is 1.78. The van der Waals surface area contributed by atoms with E-state index >= 15 is 0 Å². The zero-order chi connectivity index (χ0) is 14.0. The summed E-state index contributed by atoms with van der Waals surface area (Å²) in [5.41, 5.74) is 0.809. The van der Waals surface area contributed by atoms with Gasteiger partial charge in [0, 0.05) is 14.5 Å². The molecule has 0 N–H and O–H groups in total. The Kier molecular flexibility index (Phi) is 4.98. The predicted molar refractivity (Wildman–Crippen MR) is 80.5 cm³/mol. The summed E-state index contributed by atoms with van der Waals surface area (Å²) in [5, 5.41) is -0.500. The molecule has 0 radical (unpaired) electrons. The second-order valence-corrected chi connectivity index (χ2v) is 6.43. The minimum absolute atomic E-state index is 0.0126. The second-order valence-electron chi connectivity index (χ2n) is 4.07. The summed E-state index contributed by atoms with van der Waals surface area (Å²) in [4.78, 5) is 0. The normalized spacial score (nSPS) is 12.5. The van der Waals surface area contributed by atoms with Gasteiger partial charge < -0.3 is 0 Å². The highest BCUT2D eigenvalue weighted by atomic mass is 79.9. The predicted octanol–water partition coefficient (Wildman–Crippen LogP) is 6.01. The lowest BCUT2D eigenvalue weighted by molar-refractivity contribution is 0.553. The minimum atomic E-state index is -0.570. The lowest BCUT2D eigenvalue weighted by Gasteiger charge is -2.12. The first kappa shape index (κ1) is 14.9. The molecule has 19 heavy (non-hydrogen) atoms. The average molecular weight is 410 g/mol. The number of hydrogen-bond donors (Lipinski definition) is 0. The molecule has 2 aromatic carbocycles. The van der Waals surface area contributed by atoms with E-state index in [-0.39, 0.29) is 12.0 Å². The van der Waals surface area contributed by atoms with Crippen molar-refractivity contribution in [3.05, 3.63) is 68.1 Å². The molecule has 0 aliphatic carbocycles. The Hall–Kier alpha value is -0.450. The summed E-state index contributed by atoms with van der Waals surface area (Å²) in [5.74, 6) is -1.14. The van der Waals surface area contributed by atoms with E-state index in [1.165, 1.54) is 18.2 Å². The molecule has 5 heteroatoms. The van der Waals surface area contributed by atoms with E-state index in [4.69, 9.17) is 11.6 Å². The Morgan fingerprint density at radius 2 is 1.53 bits per heavy atom. The van der Waals surface area contributed by atoms with Crippen LogP contribution >= 0.6 is 43.5 Å². The van der Waals surface area contributed by atoms with Crippen molar-refractivity contribution >= 4 is 43.5 Å². The van der Waals surface area contributed by atoms with E-state index in [9.17, 15) is 8.78 Å². The van der Waals surface area contributed by atoms with Crippen molar-refractivity contribution in [2.24, 2.45) is 0 Å². The van der Waals surface area contributed by atoms with E-state index in [1.807, 2.05) is 18.2 Å². The van der Waals surface area contributed by atoms with Gasteiger partial charge in [0.25, 0.3) is 0 Å². The number of hydrogen-bond acceptors (Lipinski definition) is 0. The molecule has 0 fully saturated rings. The molecule has 0 saturated heterocycles. The van der Waals surface area contributed by atoms with Gasteiger partial charge in [0.1, 0.15) is 11.6 Å². The molecule has 0 heterocycles. The Labute approximate surface area is 132 Å². The Balaban J connectivity index is 2.28. The first-order valence-corrected chi connectivity index (χ1v) is 7.52. The molecular formula is C14H9Br2ClF2. The molecule has 1 unspecified atom stereocenters. The molecule has 0 bridgehead atoms. The Morgan fingerprint density at radius 3 is 2.05 bits per heavy atom. The fourth-order valence-corrected chi connectivity index (χ4v) is 3.39. The lowest BCUT2D eigenvalue weighted by atomic mass is 10.0. The highest BCUT2D eigenvalue weighted by Gasteiger charge is 2.16. The van der Waals surface area contributed by atoms with Crippen LogP contribution in [0.25, 0.3) is 0 Å². The molecule has 100 valence electrons. The van der Waals surface area contributed by atoms with Crippen molar-refractivity contribution in [3.63, 3.8) is 0 Å². The van der Waals surface area contributed by atoms with E-state index < -0.39 is 17.0 Å². The quantitative estimate of drug-likeness (QED) is 0.544. The molecule has 0 aliphatic rings. The van der Waals surface area contributed by atoms with E-state index in [0.717, 1.165) is 14.5 Å². The fraction of sp³-hybridized carbons (Fsp3) is 0.143. The zero-order valence-electron chi connectivity index (χ0n) is 9.64. The molecule has 2 rings (SSSR count). The number of benzene rings is 2. The smallest absolute Gasteiger partial charge is 0.129 e. The van der Waals surface area contributed by atoms with Crippen LogP contribution in [-0.2, 0) is 6.42 Å². The maximum Gasteiger partial charge on any atom is 0.129 e. The van der Waals surface area contributed by atoms with Crippen LogP contribution in [0, 0.1) is 11.6 Å². The van der Waals surface area contributed by atoms with Gasteiger partial charge in [-0.15, -0.1) is 11.6 Å². The van der Waals surface area contributed by atoms with Crippen molar-refractivity contribution in [1.29, 1.82) is 0 Å². The molecule has 0 saturated carbocycles. The van der Waals surface area contributed by atoms with Crippen LogP contribution in [0.3, 0.4) is 0 Å². The van der Waals surface area contributed by atoms with Gasteiger partial charge in [-0.25, -0.2) is 8.78 Å². The molecule has 0 nitrogen and oxygen atoms in total. The van der Waals surface area contributed by atoms with Crippen LogP contribution in [0.2, 0.25) is 0 Å². The lowest BCUT2D eigenvalue weighted by Crippen LogP contribution is -2.01. The maximum atomic E-state index is 13.6. The van der Waals surface area contributed by atoms with Crippen LogP contribution in [0.15, 0.2) is 45.3 Å². The van der Waals surface area contributed by atoms with E-state index in [0.29, 0.717) is 0 Å². The van der Waals surface area contributed by atoms with Gasteiger partial charge in [-0.05, 0) is 42.3 Å². The molecule has 0 spiro atoms. The summed E-state index contributed by atoms with van der Waals surface area (Å²) >= 11 is 13.0. The summed E-state index contributed by atoms with van der Waals surface area (Å²) in [7, 11) is 0. The van der Waals surface area contributed by atoms with Crippen LogP contribution in [0.1, 0.15) is 16.5 Å². The molecule has 1 atom stereocenters. The van der Waals surface area contributed by atoms with Crippen molar-refractivity contribution in [3.8, 4) is 0 Å². The number of rotatable bonds is 3. The Morgan fingerprint density at radius 1 is 1.00 bits per heavy atom. The largest absolute Gasteiger partial charge is 0.207 e. The van der Waals surface area contributed by atoms with Crippen LogP contribution in [0.4, 0.5) is 8.78 Å². The van der Waals surface area contributed by atoms with Gasteiger partial charge in [-0.1, -0.05) is 37.9 Å². The zero-order valence-corrected chi connectivity index (χ0v) is 13.6. The van der Waals surface area contributed by atoms with Gasteiger partial charge in [0.15, 0.2) is 0 Å². The highest BCUT2D eigenvalue weighted by molar-refractivity contribution is 9.11. The SMILES string of the molecule is Fc1cccc(F)c1CC(Cl)c1cc(Br)cc(Br)c1. The summed E-state index contributed by atoms with van der Waals surface area (Å²) in [6.45, 7) is 0.